The molecule has 1 N–H and O–H groups in total. The summed E-state index contributed by atoms with van der Waals surface area (Å²) in [6.45, 7) is 8.03. The van der Waals surface area contributed by atoms with Gasteiger partial charge in [-0.25, -0.2) is 0 Å². The van der Waals surface area contributed by atoms with Crippen LogP contribution in [0.3, 0.4) is 0 Å². The normalized spacial score (nSPS) is 18.2. The van der Waals surface area contributed by atoms with Crippen molar-refractivity contribution in [2.75, 3.05) is 19.7 Å². The fourth-order valence-electron chi connectivity index (χ4n) is 2.45. The van der Waals surface area contributed by atoms with Gasteiger partial charge < -0.3 is 14.6 Å². The lowest BCUT2D eigenvalue weighted by Gasteiger charge is -2.17. The van der Waals surface area contributed by atoms with Crippen molar-refractivity contribution in [3.8, 4) is 0 Å². The van der Waals surface area contributed by atoms with Crippen LogP contribution in [0.1, 0.15) is 42.7 Å². The molecule has 1 aromatic heterocycles. The zero-order chi connectivity index (χ0) is 16.3. The minimum absolute atomic E-state index is 0.0793. The molecule has 2 heterocycles. The molecule has 1 atom stereocenters. The molecule has 1 amide bonds. The van der Waals surface area contributed by atoms with E-state index < -0.39 is 0 Å². The first-order chi connectivity index (χ1) is 10.4. The van der Waals surface area contributed by atoms with Crippen molar-refractivity contribution < 1.29 is 9.53 Å². The van der Waals surface area contributed by atoms with Crippen LogP contribution < -0.4 is 5.56 Å². The first kappa shape index (κ1) is 17.2. The summed E-state index contributed by atoms with van der Waals surface area (Å²) in [5, 5.41) is 0. The highest BCUT2D eigenvalue weighted by Crippen LogP contribution is 2.18. The zero-order valence-electron chi connectivity index (χ0n) is 13.3. The highest BCUT2D eigenvalue weighted by atomic mass is 79.9. The second-order valence-electron chi connectivity index (χ2n) is 6.20. The van der Waals surface area contributed by atoms with Gasteiger partial charge >= 0.3 is 0 Å². The molecular weight excluding hydrogens is 348 g/mol. The second kappa shape index (κ2) is 7.42. The molecule has 0 aliphatic carbocycles. The van der Waals surface area contributed by atoms with E-state index in [1.54, 1.807) is 17.9 Å². The Morgan fingerprint density at radius 1 is 1.55 bits per heavy atom. The summed E-state index contributed by atoms with van der Waals surface area (Å²) in [6.07, 6.45) is 1.93. The number of nitrogens with one attached hydrogen (secondary N) is 1. The molecule has 0 aromatic carbocycles. The van der Waals surface area contributed by atoms with Crippen LogP contribution in [-0.4, -0.2) is 41.6 Å². The van der Waals surface area contributed by atoms with Crippen molar-refractivity contribution in [3.05, 3.63) is 32.2 Å². The SMILES string of the molecule is Cc1[nH]c(=O)c(C(=O)N2CCC(OCCC(C)C)C2)cc1Br. The Kier molecular flexibility index (Phi) is 5.81. The number of likely N-dealkylation sites (tertiary alicyclic amines) is 1. The maximum Gasteiger partial charge on any atom is 0.261 e. The van der Waals surface area contributed by atoms with E-state index in [0.717, 1.165) is 29.6 Å². The van der Waals surface area contributed by atoms with Crippen molar-refractivity contribution >= 4 is 21.8 Å². The molecule has 6 heteroatoms. The topological polar surface area (TPSA) is 62.4 Å². The number of H-pyrrole nitrogens is 1. The van der Waals surface area contributed by atoms with Crippen LogP contribution in [0.2, 0.25) is 0 Å². The molecule has 0 saturated carbocycles. The molecule has 1 saturated heterocycles. The fraction of sp³-hybridized carbons (Fsp3) is 0.625. The monoisotopic (exact) mass is 370 g/mol. The lowest BCUT2D eigenvalue weighted by Crippen LogP contribution is -2.34. The van der Waals surface area contributed by atoms with Gasteiger partial charge in [0.05, 0.1) is 6.10 Å². The molecular formula is C16H23BrN2O3. The molecule has 1 aromatic rings. The number of nitrogens with zero attached hydrogens (tertiary/aromatic N) is 1. The van der Waals surface area contributed by atoms with Gasteiger partial charge in [-0.1, -0.05) is 13.8 Å². The highest BCUT2D eigenvalue weighted by Gasteiger charge is 2.29. The van der Waals surface area contributed by atoms with Crippen LogP contribution in [-0.2, 0) is 4.74 Å². The van der Waals surface area contributed by atoms with E-state index in [0.29, 0.717) is 19.0 Å². The van der Waals surface area contributed by atoms with Crippen LogP contribution in [0.25, 0.3) is 0 Å². The Morgan fingerprint density at radius 3 is 2.95 bits per heavy atom. The summed E-state index contributed by atoms with van der Waals surface area (Å²) in [4.78, 5) is 28.8. The molecule has 1 aliphatic rings. The fourth-order valence-corrected chi connectivity index (χ4v) is 2.77. The Bertz CT molecular complexity index is 598. The summed E-state index contributed by atoms with van der Waals surface area (Å²) in [5.74, 6) is 0.388. The van der Waals surface area contributed by atoms with E-state index in [-0.39, 0.29) is 23.1 Å². The molecule has 122 valence electrons. The molecule has 22 heavy (non-hydrogen) atoms. The molecule has 0 radical (unpaired) electrons. The first-order valence-electron chi connectivity index (χ1n) is 7.68. The van der Waals surface area contributed by atoms with E-state index >= 15 is 0 Å². The minimum atomic E-state index is -0.338. The lowest BCUT2D eigenvalue weighted by atomic mass is 10.1. The van der Waals surface area contributed by atoms with E-state index in [2.05, 4.69) is 34.8 Å². The number of ether oxygens (including phenoxy) is 1. The average molecular weight is 371 g/mol. The molecule has 0 bridgehead atoms. The second-order valence-corrected chi connectivity index (χ2v) is 7.05. The minimum Gasteiger partial charge on any atom is -0.376 e. The number of hydrogen-bond donors (Lipinski definition) is 1. The van der Waals surface area contributed by atoms with Gasteiger partial charge in [0.1, 0.15) is 5.56 Å². The maximum atomic E-state index is 12.5. The Labute approximate surface area is 139 Å². The van der Waals surface area contributed by atoms with Crippen molar-refractivity contribution in [2.45, 2.75) is 39.7 Å². The Hall–Kier alpha value is -1.14. The van der Waals surface area contributed by atoms with E-state index in [1.807, 2.05) is 0 Å². The average Bonchev–Trinajstić information content (AvgIpc) is 2.90. The van der Waals surface area contributed by atoms with E-state index in [4.69, 9.17) is 4.74 Å². The number of aryl methyl sites for hydroxylation is 1. The summed E-state index contributed by atoms with van der Waals surface area (Å²) in [7, 11) is 0. The number of carbonyl (C=O) groups excluding carboxylic acids is 1. The predicted molar refractivity (Wildman–Crippen MR) is 89.2 cm³/mol. The molecule has 1 fully saturated rings. The Morgan fingerprint density at radius 2 is 2.27 bits per heavy atom. The predicted octanol–water partition coefficient (Wildman–Crippen LogP) is 2.72. The van der Waals surface area contributed by atoms with Gasteiger partial charge in [0, 0.05) is 29.9 Å². The standard InChI is InChI=1S/C16H23BrN2O3/c1-10(2)5-7-22-12-4-6-19(9-12)16(21)13-8-14(17)11(3)18-15(13)20/h8,10,12H,4-7,9H2,1-3H3,(H,18,20). The van der Waals surface area contributed by atoms with Crippen LogP contribution in [0.15, 0.2) is 15.3 Å². The van der Waals surface area contributed by atoms with Crippen molar-refractivity contribution in [3.63, 3.8) is 0 Å². The number of amides is 1. The summed E-state index contributed by atoms with van der Waals surface area (Å²) in [5.41, 5.74) is 0.563. The number of pyridine rings is 1. The van der Waals surface area contributed by atoms with Gasteiger partial charge in [-0.15, -0.1) is 0 Å². The summed E-state index contributed by atoms with van der Waals surface area (Å²) >= 11 is 3.35. The van der Waals surface area contributed by atoms with Crippen molar-refractivity contribution in [1.82, 2.24) is 9.88 Å². The third kappa shape index (κ3) is 4.20. The summed E-state index contributed by atoms with van der Waals surface area (Å²) < 4.78 is 6.55. The van der Waals surface area contributed by atoms with Gasteiger partial charge in [0.25, 0.3) is 11.5 Å². The number of hydrogen-bond acceptors (Lipinski definition) is 3. The van der Waals surface area contributed by atoms with Crippen LogP contribution in [0.5, 0.6) is 0 Å². The van der Waals surface area contributed by atoms with Crippen LogP contribution in [0.4, 0.5) is 0 Å². The quantitative estimate of drug-likeness (QED) is 0.866. The van der Waals surface area contributed by atoms with Crippen molar-refractivity contribution in [1.29, 1.82) is 0 Å². The maximum absolute atomic E-state index is 12.5. The van der Waals surface area contributed by atoms with Gasteiger partial charge in [-0.2, -0.15) is 0 Å². The third-order valence-electron chi connectivity index (χ3n) is 3.89. The summed E-state index contributed by atoms with van der Waals surface area (Å²) in [6, 6.07) is 1.60. The van der Waals surface area contributed by atoms with Crippen LogP contribution in [0, 0.1) is 12.8 Å². The molecule has 5 nitrogen and oxygen atoms in total. The first-order valence-corrected chi connectivity index (χ1v) is 8.48. The molecule has 1 aliphatic heterocycles. The molecule has 2 rings (SSSR count). The Balaban J connectivity index is 1.97. The van der Waals surface area contributed by atoms with E-state index in [9.17, 15) is 9.59 Å². The van der Waals surface area contributed by atoms with Gasteiger partial charge in [-0.3, -0.25) is 9.59 Å². The van der Waals surface area contributed by atoms with Gasteiger partial charge in [0.2, 0.25) is 0 Å². The lowest BCUT2D eigenvalue weighted by molar-refractivity contribution is 0.0483. The molecule has 0 spiro atoms. The smallest absolute Gasteiger partial charge is 0.261 e. The molecule has 1 unspecified atom stereocenters. The zero-order valence-corrected chi connectivity index (χ0v) is 14.9. The number of carbonyl (C=O) groups is 1. The van der Waals surface area contributed by atoms with Crippen LogP contribution >= 0.6 is 15.9 Å². The third-order valence-corrected chi connectivity index (χ3v) is 4.71. The number of aromatic amines is 1. The van der Waals surface area contributed by atoms with Gasteiger partial charge in [0.15, 0.2) is 0 Å². The van der Waals surface area contributed by atoms with E-state index in [1.165, 1.54) is 0 Å². The highest BCUT2D eigenvalue weighted by molar-refractivity contribution is 9.10. The largest absolute Gasteiger partial charge is 0.376 e. The number of aromatic nitrogens is 1. The van der Waals surface area contributed by atoms with Gasteiger partial charge in [-0.05, 0) is 47.7 Å². The van der Waals surface area contributed by atoms with Crippen molar-refractivity contribution in [2.24, 2.45) is 5.92 Å². The number of halogens is 1. The number of rotatable bonds is 5.